The number of carbonyl (C=O) groups excluding carboxylic acids is 4. The molecule has 0 saturated carbocycles. The molecule has 0 unspecified atom stereocenters. The molecule has 2 aliphatic rings. The molecule has 9 heteroatoms. The molecule has 4 rings (SSSR count). The summed E-state index contributed by atoms with van der Waals surface area (Å²) in [6.45, 7) is 2.93. The molecule has 2 saturated heterocycles. The van der Waals surface area contributed by atoms with E-state index >= 15 is 0 Å². The van der Waals surface area contributed by atoms with Crippen molar-refractivity contribution in [3.63, 3.8) is 0 Å². The second-order valence-electron chi connectivity index (χ2n) is 8.61. The van der Waals surface area contributed by atoms with Gasteiger partial charge in [0.25, 0.3) is 11.8 Å². The lowest BCUT2D eigenvalue weighted by molar-refractivity contribution is -0.142. The molecule has 0 radical (unpaired) electrons. The van der Waals surface area contributed by atoms with Crippen molar-refractivity contribution in [1.29, 1.82) is 0 Å². The van der Waals surface area contributed by atoms with E-state index in [1.807, 2.05) is 18.2 Å². The fourth-order valence-electron chi connectivity index (χ4n) is 4.00. The van der Waals surface area contributed by atoms with Crippen LogP contribution in [0.25, 0.3) is 0 Å². The van der Waals surface area contributed by atoms with Crippen LogP contribution >= 0.6 is 11.8 Å². The number of urea groups is 1. The summed E-state index contributed by atoms with van der Waals surface area (Å²) in [5, 5.41) is 4.85. The summed E-state index contributed by atoms with van der Waals surface area (Å²) in [4.78, 5) is 52.6. The van der Waals surface area contributed by atoms with Crippen molar-refractivity contribution in [2.45, 2.75) is 42.7 Å². The number of hydrogen-bond acceptors (Lipinski definition) is 6. The van der Waals surface area contributed by atoms with Gasteiger partial charge in [-0.2, -0.15) is 0 Å². The monoisotopic (exact) mass is 481 g/mol. The minimum absolute atomic E-state index is 0.220. The van der Waals surface area contributed by atoms with Crippen LogP contribution in [-0.2, 0) is 14.3 Å². The van der Waals surface area contributed by atoms with E-state index in [1.54, 1.807) is 48.2 Å². The Bertz CT molecular complexity index is 1090. The van der Waals surface area contributed by atoms with E-state index < -0.39 is 29.6 Å². The normalized spacial score (nSPS) is 20.9. The number of nitrogens with one attached hydrogen (secondary N) is 2. The third-order valence-corrected chi connectivity index (χ3v) is 7.35. The predicted octanol–water partition coefficient (Wildman–Crippen LogP) is 3.29. The minimum Gasteiger partial charge on any atom is -0.444 e. The number of esters is 1. The smallest absolute Gasteiger partial charge is 0.340 e. The SMILES string of the molecule is C[C@]1(CSc2ccccc2C(=O)O[C@H](C(=O)N2CCCCC2)c2ccccc2)NC(=O)NC1=O. The molecular formula is C25H27N3O5S. The van der Waals surface area contributed by atoms with E-state index in [-0.39, 0.29) is 11.7 Å². The van der Waals surface area contributed by atoms with Gasteiger partial charge in [-0.05, 0) is 38.3 Å². The van der Waals surface area contributed by atoms with Gasteiger partial charge >= 0.3 is 12.0 Å². The van der Waals surface area contributed by atoms with Crippen molar-refractivity contribution in [3.8, 4) is 0 Å². The summed E-state index contributed by atoms with van der Waals surface area (Å²) in [6, 6.07) is 15.4. The highest BCUT2D eigenvalue weighted by atomic mass is 32.2. The Hall–Kier alpha value is -3.33. The maximum absolute atomic E-state index is 13.3. The first kappa shape index (κ1) is 23.8. The Morgan fingerprint density at radius 3 is 2.38 bits per heavy atom. The van der Waals surface area contributed by atoms with Gasteiger partial charge in [0.15, 0.2) is 0 Å². The zero-order valence-electron chi connectivity index (χ0n) is 18.9. The number of imide groups is 1. The van der Waals surface area contributed by atoms with Gasteiger partial charge in [-0.3, -0.25) is 14.9 Å². The van der Waals surface area contributed by atoms with Crippen LogP contribution in [0, 0.1) is 0 Å². The highest BCUT2D eigenvalue weighted by molar-refractivity contribution is 7.99. The number of benzene rings is 2. The molecule has 0 aromatic heterocycles. The summed E-state index contributed by atoms with van der Waals surface area (Å²) in [5.41, 5.74) is -0.169. The van der Waals surface area contributed by atoms with Crippen molar-refractivity contribution in [1.82, 2.24) is 15.5 Å². The summed E-state index contributed by atoms with van der Waals surface area (Å²) >= 11 is 1.26. The van der Waals surface area contributed by atoms with E-state index in [1.165, 1.54) is 11.8 Å². The summed E-state index contributed by atoms with van der Waals surface area (Å²) in [5.74, 6) is -1.03. The van der Waals surface area contributed by atoms with Gasteiger partial charge in [0, 0.05) is 29.3 Å². The highest BCUT2D eigenvalue weighted by Gasteiger charge is 2.42. The average molecular weight is 482 g/mol. The van der Waals surface area contributed by atoms with Crippen molar-refractivity contribution in [3.05, 3.63) is 65.7 Å². The third-order valence-electron chi connectivity index (χ3n) is 5.96. The number of thioether (sulfide) groups is 1. The molecular weight excluding hydrogens is 454 g/mol. The molecule has 2 heterocycles. The van der Waals surface area contributed by atoms with E-state index in [9.17, 15) is 19.2 Å². The fraction of sp³-hybridized carbons (Fsp3) is 0.360. The van der Waals surface area contributed by atoms with Gasteiger partial charge in [-0.25, -0.2) is 9.59 Å². The van der Waals surface area contributed by atoms with Crippen LogP contribution < -0.4 is 10.6 Å². The molecule has 0 spiro atoms. The molecule has 2 aromatic rings. The summed E-state index contributed by atoms with van der Waals surface area (Å²) in [6.07, 6.45) is 1.91. The molecule has 2 fully saturated rings. The Balaban J connectivity index is 1.53. The Morgan fingerprint density at radius 2 is 1.71 bits per heavy atom. The van der Waals surface area contributed by atoms with Gasteiger partial charge in [0.2, 0.25) is 6.10 Å². The van der Waals surface area contributed by atoms with E-state index in [4.69, 9.17) is 4.74 Å². The van der Waals surface area contributed by atoms with Gasteiger partial charge in [0.1, 0.15) is 5.54 Å². The number of carbonyl (C=O) groups is 4. The maximum Gasteiger partial charge on any atom is 0.340 e. The lowest BCUT2D eigenvalue weighted by Crippen LogP contribution is -2.46. The van der Waals surface area contributed by atoms with Crippen molar-refractivity contribution in [2.24, 2.45) is 0 Å². The van der Waals surface area contributed by atoms with Crippen LogP contribution in [0.2, 0.25) is 0 Å². The molecule has 2 aliphatic heterocycles. The lowest BCUT2D eigenvalue weighted by atomic mass is 10.1. The number of likely N-dealkylation sites (tertiary alicyclic amines) is 1. The first-order valence-electron chi connectivity index (χ1n) is 11.3. The van der Waals surface area contributed by atoms with Crippen LogP contribution in [0.5, 0.6) is 0 Å². The fourth-order valence-corrected chi connectivity index (χ4v) is 5.13. The molecule has 2 N–H and O–H groups in total. The lowest BCUT2D eigenvalue weighted by Gasteiger charge is -2.30. The van der Waals surface area contributed by atoms with E-state index in [0.29, 0.717) is 29.1 Å². The van der Waals surface area contributed by atoms with Crippen LogP contribution in [0.1, 0.15) is 48.2 Å². The number of ether oxygens (including phenoxy) is 1. The number of amides is 4. The second-order valence-corrected chi connectivity index (χ2v) is 9.62. The predicted molar refractivity (Wildman–Crippen MR) is 127 cm³/mol. The quantitative estimate of drug-likeness (QED) is 0.357. The Morgan fingerprint density at radius 1 is 1.03 bits per heavy atom. The standard InChI is InChI=1S/C25H27N3O5S/c1-25(23(31)26-24(32)27-25)16-34-19-13-7-6-12-18(19)22(30)33-20(17-10-4-2-5-11-17)21(29)28-14-8-3-9-15-28/h2,4-7,10-13,20H,3,8-9,14-16H2,1H3,(H2,26,27,31,32)/t20-,25+/m0/s1. The van der Waals surface area contributed by atoms with Crippen LogP contribution in [0.3, 0.4) is 0 Å². The van der Waals surface area contributed by atoms with E-state index in [0.717, 1.165) is 19.3 Å². The molecule has 8 nitrogen and oxygen atoms in total. The van der Waals surface area contributed by atoms with Gasteiger partial charge in [0.05, 0.1) is 5.56 Å². The first-order valence-corrected chi connectivity index (χ1v) is 12.3. The minimum atomic E-state index is -1.09. The number of nitrogens with zero attached hydrogens (tertiary/aromatic N) is 1. The van der Waals surface area contributed by atoms with Crippen molar-refractivity contribution >= 4 is 35.6 Å². The van der Waals surface area contributed by atoms with Gasteiger partial charge in [-0.1, -0.05) is 42.5 Å². The van der Waals surface area contributed by atoms with E-state index in [2.05, 4.69) is 10.6 Å². The third kappa shape index (κ3) is 5.25. The van der Waals surface area contributed by atoms with Crippen LogP contribution in [0.15, 0.2) is 59.5 Å². The molecule has 2 aromatic carbocycles. The summed E-state index contributed by atoms with van der Waals surface area (Å²) in [7, 11) is 0. The zero-order valence-corrected chi connectivity index (χ0v) is 19.7. The largest absolute Gasteiger partial charge is 0.444 e. The maximum atomic E-state index is 13.3. The number of hydrogen-bond donors (Lipinski definition) is 2. The van der Waals surface area contributed by atoms with Crippen LogP contribution in [-0.4, -0.2) is 53.1 Å². The zero-order chi connectivity index (χ0) is 24.1. The van der Waals surface area contributed by atoms with Gasteiger partial charge < -0.3 is 15.0 Å². The number of piperidine rings is 1. The first-order chi connectivity index (χ1) is 16.4. The molecule has 34 heavy (non-hydrogen) atoms. The Labute approximate surface area is 202 Å². The van der Waals surface area contributed by atoms with Crippen molar-refractivity contribution in [2.75, 3.05) is 18.8 Å². The highest BCUT2D eigenvalue weighted by Crippen LogP contribution is 2.30. The molecule has 0 aliphatic carbocycles. The summed E-state index contributed by atoms with van der Waals surface area (Å²) < 4.78 is 5.82. The topological polar surface area (TPSA) is 105 Å². The molecule has 178 valence electrons. The number of rotatable bonds is 7. The molecule has 4 amide bonds. The Kier molecular flexibility index (Phi) is 7.21. The van der Waals surface area contributed by atoms with Crippen LogP contribution in [0.4, 0.5) is 4.79 Å². The van der Waals surface area contributed by atoms with Gasteiger partial charge in [-0.15, -0.1) is 11.8 Å². The average Bonchev–Trinajstić information content (AvgIpc) is 3.13. The van der Waals surface area contributed by atoms with Crippen molar-refractivity contribution < 1.29 is 23.9 Å². The molecule has 2 atom stereocenters. The second kappa shape index (κ2) is 10.3. The molecule has 0 bridgehead atoms.